The number of nitrogens with one attached hydrogen (secondary N) is 1. The number of carbonyl (C=O) groups is 2. The molecule has 2 heterocycles. The van der Waals surface area contributed by atoms with Gasteiger partial charge in [-0.2, -0.15) is 0 Å². The van der Waals surface area contributed by atoms with Crippen LogP contribution in [0.2, 0.25) is 0 Å². The van der Waals surface area contributed by atoms with Crippen molar-refractivity contribution in [3.05, 3.63) is 52.8 Å². The molecule has 0 unspecified atom stereocenters. The quantitative estimate of drug-likeness (QED) is 0.838. The van der Waals surface area contributed by atoms with Gasteiger partial charge in [-0.1, -0.05) is 31.5 Å². The zero-order valence-electron chi connectivity index (χ0n) is 15.8. The highest BCUT2D eigenvalue weighted by Crippen LogP contribution is 2.24. The predicted octanol–water partition coefficient (Wildman–Crippen LogP) is 3.44. The van der Waals surface area contributed by atoms with Gasteiger partial charge in [0.1, 0.15) is 5.69 Å². The highest BCUT2D eigenvalue weighted by molar-refractivity contribution is 6.02. The molecule has 1 N–H and O–H groups in total. The Labute approximate surface area is 155 Å². The fourth-order valence-corrected chi connectivity index (χ4v) is 3.80. The maximum Gasteiger partial charge on any atom is 0.270 e. The van der Waals surface area contributed by atoms with Crippen LogP contribution in [0.3, 0.4) is 0 Å². The number of nitrogens with zero attached hydrogens (tertiary/aromatic N) is 2. The summed E-state index contributed by atoms with van der Waals surface area (Å²) in [6.45, 7) is 8.52. The lowest BCUT2D eigenvalue weighted by molar-refractivity contribution is 0.0740. The van der Waals surface area contributed by atoms with E-state index in [0.29, 0.717) is 24.3 Å². The number of aromatic amines is 1. The van der Waals surface area contributed by atoms with Gasteiger partial charge in [-0.15, -0.1) is 0 Å². The number of piperazine rings is 1. The minimum Gasteiger partial charge on any atom is -0.368 e. The normalized spacial score (nSPS) is 14.6. The van der Waals surface area contributed by atoms with Crippen molar-refractivity contribution in [3.8, 4) is 0 Å². The number of hydrogen-bond acceptors (Lipinski definition) is 3. The Morgan fingerprint density at radius 3 is 2.31 bits per heavy atom. The third-order valence-electron chi connectivity index (χ3n) is 5.05. The Bertz CT molecular complexity index is 787. The average Bonchev–Trinajstić information content (AvgIpc) is 2.98. The summed E-state index contributed by atoms with van der Waals surface area (Å²) in [5, 5.41) is 0. The first-order chi connectivity index (χ1) is 12.5. The van der Waals surface area contributed by atoms with Crippen molar-refractivity contribution in [2.75, 3.05) is 31.1 Å². The minimum absolute atomic E-state index is 0.0109. The molecule has 2 aromatic rings. The van der Waals surface area contributed by atoms with Gasteiger partial charge in [0, 0.05) is 43.1 Å². The van der Waals surface area contributed by atoms with Gasteiger partial charge in [-0.25, -0.2) is 0 Å². The molecule has 5 heteroatoms. The summed E-state index contributed by atoms with van der Waals surface area (Å²) in [5.41, 5.74) is 4.17. The number of hydrogen-bond donors (Lipinski definition) is 1. The topological polar surface area (TPSA) is 56.4 Å². The molecular formula is C21H27N3O2. The van der Waals surface area contributed by atoms with Crippen molar-refractivity contribution in [2.24, 2.45) is 0 Å². The Morgan fingerprint density at radius 1 is 1.08 bits per heavy atom. The number of ketones is 1. The van der Waals surface area contributed by atoms with Crippen LogP contribution in [-0.4, -0.2) is 47.8 Å². The van der Waals surface area contributed by atoms with Gasteiger partial charge in [0.15, 0.2) is 5.78 Å². The van der Waals surface area contributed by atoms with E-state index in [-0.39, 0.29) is 11.7 Å². The van der Waals surface area contributed by atoms with Crippen LogP contribution in [0.15, 0.2) is 30.3 Å². The second kappa shape index (κ2) is 7.77. The zero-order valence-corrected chi connectivity index (χ0v) is 15.8. The molecule has 138 valence electrons. The minimum atomic E-state index is 0.0109. The van der Waals surface area contributed by atoms with Crippen molar-refractivity contribution in [2.45, 2.75) is 33.6 Å². The molecule has 3 rings (SSSR count). The Hall–Kier alpha value is -2.56. The number of aryl methyl sites for hydroxylation is 1. The van der Waals surface area contributed by atoms with Gasteiger partial charge in [0.25, 0.3) is 5.91 Å². The number of amides is 1. The van der Waals surface area contributed by atoms with Crippen LogP contribution >= 0.6 is 0 Å². The second-order valence-electron chi connectivity index (χ2n) is 6.90. The van der Waals surface area contributed by atoms with E-state index < -0.39 is 0 Å². The zero-order chi connectivity index (χ0) is 18.7. The number of Topliss-reactive ketones (excluding diaryl/α,β-unsaturated/α-hetero) is 1. The standard InChI is InChI=1S/C21H27N3O2/c1-4-8-18-19(16(3)25)15(2)22-20(18)21(26)24-13-11-23(12-14-24)17-9-6-5-7-10-17/h5-7,9-10,22H,4,8,11-14H2,1-3H3. The smallest absolute Gasteiger partial charge is 0.270 e. The molecule has 1 saturated heterocycles. The van der Waals surface area contributed by atoms with Crippen LogP contribution in [0.5, 0.6) is 0 Å². The summed E-state index contributed by atoms with van der Waals surface area (Å²) in [6, 6.07) is 10.3. The third kappa shape index (κ3) is 3.52. The molecule has 0 radical (unpaired) electrons. The van der Waals surface area contributed by atoms with E-state index in [4.69, 9.17) is 0 Å². The summed E-state index contributed by atoms with van der Waals surface area (Å²) in [7, 11) is 0. The maximum absolute atomic E-state index is 13.1. The van der Waals surface area contributed by atoms with Crippen LogP contribution in [0.25, 0.3) is 0 Å². The summed E-state index contributed by atoms with van der Waals surface area (Å²) in [5.74, 6) is 0.0342. The molecular weight excluding hydrogens is 326 g/mol. The highest BCUT2D eigenvalue weighted by Gasteiger charge is 2.28. The summed E-state index contributed by atoms with van der Waals surface area (Å²) in [4.78, 5) is 32.5. The molecule has 5 nitrogen and oxygen atoms in total. The van der Waals surface area contributed by atoms with Gasteiger partial charge in [0.05, 0.1) is 0 Å². The number of H-pyrrole nitrogens is 1. The van der Waals surface area contributed by atoms with E-state index in [1.54, 1.807) is 6.92 Å². The molecule has 1 amide bonds. The van der Waals surface area contributed by atoms with Gasteiger partial charge in [-0.3, -0.25) is 9.59 Å². The fourth-order valence-electron chi connectivity index (χ4n) is 3.80. The lowest BCUT2D eigenvalue weighted by atomic mass is 10.0. The number of para-hydroxylation sites is 1. The summed E-state index contributed by atoms with van der Waals surface area (Å²) >= 11 is 0. The van der Waals surface area contributed by atoms with Gasteiger partial charge in [0.2, 0.25) is 0 Å². The summed E-state index contributed by atoms with van der Waals surface area (Å²) < 4.78 is 0. The molecule has 1 aromatic carbocycles. The Morgan fingerprint density at radius 2 is 1.73 bits per heavy atom. The third-order valence-corrected chi connectivity index (χ3v) is 5.05. The summed E-state index contributed by atoms with van der Waals surface area (Å²) in [6.07, 6.45) is 1.64. The first kappa shape index (κ1) is 18.2. The predicted molar refractivity (Wildman–Crippen MR) is 104 cm³/mol. The van der Waals surface area contributed by atoms with Gasteiger partial charge >= 0.3 is 0 Å². The SMILES string of the molecule is CCCc1c(C(=O)N2CCN(c3ccccc3)CC2)[nH]c(C)c1C(C)=O. The van der Waals surface area contributed by atoms with Gasteiger partial charge < -0.3 is 14.8 Å². The number of benzene rings is 1. The fraction of sp³-hybridized carbons (Fsp3) is 0.429. The van der Waals surface area contributed by atoms with E-state index in [2.05, 4.69) is 28.9 Å². The Balaban J connectivity index is 1.76. The van der Waals surface area contributed by atoms with Crippen LogP contribution in [-0.2, 0) is 6.42 Å². The molecule has 0 bridgehead atoms. The number of carbonyl (C=O) groups excluding carboxylic acids is 2. The van der Waals surface area contributed by atoms with Crippen molar-refractivity contribution in [3.63, 3.8) is 0 Å². The van der Waals surface area contributed by atoms with E-state index in [0.717, 1.165) is 37.2 Å². The number of rotatable bonds is 5. The van der Waals surface area contributed by atoms with Crippen LogP contribution in [0.4, 0.5) is 5.69 Å². The van der Waals surface area contributed by atoms with Crippen molar-refractivity contribution < 1.29 is 9.59 Å². The van der Waals surface area contributed by atoms with Crippen LogP contribution in [0.1, 0.15) is 52.4 Å². The molecule has 0 aliphatic carbocycles. The lowest BCUT2D eigenvalue weighted by Gasteiger charge is -2.36. The molecule has 26 heavy (non-hydrogen) atoms. The molecule has 1 fully saturated rings. The number of anilines is 1. The van der Waals surface area contributed by atoms with Gasteiger partial charge in [-0.05, 0) is 38.0 Å². The van der Waals surface area contributed by atoms with E-state index in [9.17, 15) is 9.59 Å². The van der Waals surface area contributed by atoms with Crippen molar-refractivity contribution in [1.82, 2.24) is 9.88 Å². The first-order valence-electron chi connectivity index (χ1n) is 9.34. The number of aromatic nitrogens is 1. The van der Waals surface area contributed by atoms with E-state index in [1.807, 2.05) is 30.0 Å². The van der Waals surface area contributed by atoms with Crippen LogP contribution < -0.4 is 4.90 Å². The molecule has 1 aliphatic rings. The average molecular weight is 353 g/mol. The van der Waals surface area contributed by atoms with Crippen LogP contribution in [0, 0.1) is 6.92 Å². The second-order valence-corrected chi connectivity index (χ2v) is 6.90. The molecule has 1 aliphatic heterocycles. The maximum atomic E-state index is 13.1. The highest BCUT2D eigenvalue weighted by atomic mass is 16.2. The van der Waals surface area contributed by atoms with Crippen molar-refractivity contribution >= 4 is 17.4 Å². The monoisotopic (exact) mass is 353 g/mol. The van der Waals surface area contributed by atoms with Crippen molar-refractivity contribution in [1.29, 1.82) is 0 Å². The largest absolute Gasteiger partial charge is 0.368 e. The van der Waals surface area contributed by atoms with E-state index >= 15 is 0 Å². The Kier molecular flexibility index (Phi) is 5.45. The molecule has 1 aromatic heterocycles. The molecule has 0 saturated carbocycles. The molecule has 0 atom stereocenters. The lowest BCUT2D eigenvalue weighted by Crippen LogP contribution is -2.49. The van der Waals surface area contributed by atoms with E-state index in [1.165, 1.54) is 5.69 Å². The first-order valence-corrected chi connectivity index (χ1v) is 9.34. The molecule has 0 spiro atoms.